The van der Waals surface area contributed by atoms with E-state index in [2.05, 4.69) is 0 Å². The molecular weight excluding hydrogens is 334 g/mol. The van der Waals surface area contributed by atoms with Gasteiger partial charge in [-0.05, 0) is 43.5 Å². The van der Waals surface area contributed by atoms with E-state index in [0.717, 1.165) is 17.7 Å². The summed E-state index contributed by atoms with van der Waals surface area (Å²) in [5, 5.41) is 9.28. The molecule has 0 bridgehead atoms. The molecule has 1 aliphatic rings. The molecule has 1 aromatic carbocycles. The van der Waals surface area contributed by atoms with Gasteiger partial charge in [0.1, 0.15) is 5.75 Å². The number of carbonyl (C=O) groups excluding carboxylic acids is 1. The first-order chi connectivity index (χ1) is 12.5. The van der Waals surface area contributed by atoms with Crippen LogP contribution in [-0.4, -0.2) is 56.6 Å². The first-order valence-corrected chi connectivity index (χ1v) is 8.98. The normalized spacial score (nSPS) is 22.3. The summed E-state index contributed by atoms with van der Waals surface area (Å²) in [5.41, 5.74) is 1.06. The van der Waals surface area contributed by atoms with Crippen molar-refractivity contribution in [2.45, 2.75) is 32.0 Å². The van der Waals surface area contributed by atoms with Gasteiger partial charge in [-0.2, -0.15) is 0 Å². The van der Waals surface area contributed by atoms with Gasteiger partial charge in [-0.1, -0.05) is 12.1 Å². The van der Waals surface area contributed by atoms with Crippen molar-refractivity contribution in [1.82, 2.24) is 4.90 Å². The van der Waals surface area contributed by atoms with E-state index < -0.39 is 6.29 Å². The smallest absolute Gasteiger partial charge is 0.288 e. The number of benzene rings is 1. The molecule has 1 aromatic rings. The summed E-state index contributed by atoms with van der Waals surface area (Å²) in [6, 6.07) is 7.81. The molecule has 0 aromatic heterocycles. The largest absolute Gasteiger partial charge is 0.497 e. The molecule has 2 rings (SSSR count). The van der Waals surface area contributed by atoms with Crippen LogP contribution in [0.15, 0.2) is 36.1 Å². The fourth-order valence-corrected chi connectivity index (χ4v) is 3.18. The van der Waals surface area contributed by atoms with E-state index in [0.29, 0.717) is 18.8 Å². The third kappa shape index (κ3) is 4.77. The molecule has 0 unspecified atom stereocenters. The predicted molar refractivity (Wildman–Crippen MR) is 98.8 cm³/mol. The highest BCUT2D eigenvalue weighted by molar-refractivity contribution is 5.91. The van der Waals surface area contributed by atoms with Crippen LogP contribution in [0.5, 0.6) is 5.75 Å². The van der Waals surface area contributed by atoms with Gasteiger partial charge < -0.3 is 24.2 Å². The van der Waals surface area contributed by atoms with Crippen LogP contribution >= 0.6 is 0 Å². The van der Waals surface area contributed by atoms with Crippen molar-refractivity contribution in [3.05, 3.63) is 41.7 Å². The summed E-state index contributed by atoms with van der Waals surface area (Å²) in [6.45, 7) is 2.50. The quantitative estimate of drug-likeness (QED) is 0.769. The second-order valence-corrected chi connectivity index (χ2v) is 6.50. The van der Waals surface area contributed by atoms with E-state index in [4.69, 9.17) is 14.2 Å². The molecule has 6 nitrogen and oxygen atoms in total. The Bertz CT molecular complexity index is 611. The number of ether oxygens (including phenoxy) is 3. The molecule has 6 heteroatoms. The van der Waals surface area contributed by atoms with Gasteiger partial charge in [0.05, 0.1) is 7.11 Å². The maximum Gasteiger partial charge on any atom is 0.288 e. The van der Waals surface area contributed by atoms with Gasteiger partial charge in [0.2, 0.25) is 6.29 Å². The topological polar surface area (TPSA) is 68.2 Å². The van der Waals surface area contributed by atoms with Crippen LogP contribution in [0.1, 0.15) is 31.2 Å². The Hall–Kier alpha value is -2.05. The average Bonchev–Trinajstić information content (AvgIpc) is 2.66. The highest BCUT2D eigenvalue weighted by Gasteiger charge is 2.38. The Morgan fingerprint density at radius 2 is 1.96 bits per heavy atom. The number of amides is 1. The number of carbonyl (C=O) groups is 1. The minimum absolute atomic E-state index is 0.00853. The van der Waals surface area contributed by atoms with E-state index in [9.17, 15) is 9.90 Å². The number of likely N-dealkylation sites (N-methyl/N-ethyl adjacent to an activating group) is 1. The maximum atomic E-state index is 12.5. The average molecular weight is 363 g/mol. The first-order valence-electron chi connectivity index (χ1n) is 8.98. The Balaban J connectivity index is 2.42. The number of nitrogens with zero attached hydrogens (tertiary/aromatic N) is 1. The lowest BCUT2D eigenvalue weighted by molar-refractivity contribution is -0.169. The number of rotatable bonds is 8. The Morgan fingerprint density at radius 3 is 2.50 bits per heavy atom. The van der Waals surface area contributed by atoms with Crippen molar-refractivity contribution in [3.8, 4) is 5.75 Å². The zero-order valence-electron chi connectivity index (χ0n) is 16.0. The lowest BCUT2D eigenvalue weighted by Crippen LogP contribution is -2.38. The van der Waals surface area contributed by atoms with E-state index >= 15 is 0 Å². The SMILES string of the molecule is CCO[C@H]1OC(C(=O)N(C)C)=C[C@@H](c2ccc(OC)cc2)[C@@H]1CCCO. The molecule has 1 N–H and O–H groups in total. The number of allylic oxidation sites excluding steroid dienone is 1. The van der Waals surface area contributed by atoms with E-state index in [-0.39, 0.29) is 24.3 Å². The number of hydrogen-bond donors (Lipinski definition) is 1. The van der Waals surface area contributed by atoms with Crippen LogP contribution in [0.25, 0.3) is 0 Å². The molecule has 0 spiro atoms. The highest BCUT2D eigenvalue weighted by atomic mass is 16.7. The lowest BCUT2D eigenvalue weighted by atomic mass is 9.80. The third-order valence-corrected chi connectivity index (χ3v) is 4.53. The van der Waals surface area contributed by atoms with Gasteiger partial charge in [-0.25, -0.2) is 0 Å². The van der Waals surface area contributed by atoms with Crippen molar-refractivity contribution in [2.24, 2.45) is 5.92 Å². The Labute approximate surface area is 155 Å². The van der Waals surface area contributed by atoms with Crippen molar-refractivity contribution in [3.63, 3.8) is 0 Å². The maximum absolute atomic E-state index is 12.5. The summed E-state index contributed by atoms with van der Waals surface area (Å²) in [6.07, 6.45) is 2.73. The molecule has 0 saturated carbocycles. The van der Waals surface area contributed by atoms with Crippen molar-refractivity contribution in [1.29, 1.82) is 0 Å². The van der Waals surface area contributed by atoms with Gasteiger partial charge in [0.25, 0.3) is 5.91 Å². The Morgan fingerprint density at radius 1 is 1.27 bits per heavy atom. The van der Waals surface area contributed by atoms with E-state index in [1.165, 1.54) is 4.90 Å². The molecule has 1 aliphatic heterocycles. The lowest BCUT2D eigenvalue weighted by Gasteiger charge is -2.37. The van der Waals surface area contributed by atoms with E-state index in [1.54, 1.807) is 21.2 Å². The van der Waals surface area contributed by atoms with Crippen molar-refractivity contribution < 1.29 is 24.1 Å². The summed E-state index contributed by atoms with van der Waals surface area (Å²) >= 11 is 0. The summed E-state index contributed by atoms with van der Waals surface area (Å²) in [5.74, 6) is 0.858. The van der Waals surface area contributed by atoms with Gasteiger partial charge in [-0.15, -0.1) is 0 Å². The number of aliphatic hydroxyl groups is 1. The third-order valence-electron chi connectivity index (χ3n) is 4.53. The van der Waals surface area contributed by atoms with Crippen molar-refractivity contribution >= 4 is 5.91 Å². The second kappa shape index (κ2) is 9.59. The highest BCUT2D eigenvalue weighted by Crippen LogP contribution is 2.40. The zero-order chi connectivity index (χ0) is 19.1. The minimum Gasteiger partial charge on any atom is -0.497 e. The molecule has 0 radical (unpaired) electrons. The summed E-state index contributed by atoms with van der Waals surface area (Å²) < 4.78 is 16.9. The zero-order valence-corrected chi connectivity index (χ0v) is 16.0. The summed E-state index contributed by atoms with van der Waals surface area (Å²) in [7, 11) is 5.03. The second-order valence-electron chi connectivity index (χ2n) is 6.50. The van der Waals surface area contributed by atoms with Gasteiger partial charge >= 0.3 is 0 Å². The fourth-order valence-electron chi connectivity index (χ4n) is 3.18. The molecular formula is C20H29NO5. The van der Waals surface area contributed by atoms with Crippen LogP contribution in [-0.2, 0) is 14.3 Å². The van der Waals surface area contributed by atoms with Crippen LogP contribution in [0, 0.1) is 5.92 Å². The molecule has 3 atom stereocenters. The standard InChI is InChI=1S/C20H29NO5/c1-5-25-20-16(7-6-12-22)17(13-18(26-20)19(23)21(2)3)14-8-10-15(24-4)11-9-14/h8-11,13,16-17,20,22H,5-7,12H2,1-4H3/t16-,17-,20-/m0/s1. The van der Waals surface area contributed by atoms with Crippen LogP contribution < -0.4 is 4.74 Å². The van der Waals surface area contributed by atoms with Crippen LogP contribution in [0.2, 0.25) is 0 Å². The van der Waals surface area contributed by atoms with Crippen molar-refractivity contribution in [2.75, 3.05) is 34.4 Å². The molecule has 1 heterocycles. The molecule has 0 aliphatic carbocycles. The number of aliphatic hydroxyl groups excluding tert-OH is 1. The van der Waals surface area contributed by atoms with Gasteiger partial charge in [0.15, 0.2) is 5.76 Å². The van der Waals surface area contributed by atoms with Gasteiger partial charge in [0, 0.05) is 39.1 Å². The molecule has 1 amide bonds. The first kappa shape index (κ1) is 20.3. The molecule has 26 heavy (non-hydrogen) atoms. The number of hydrogen-bond acceptors (Lipinski definition) is 5. The molecule has 144 valence electrons. The minimum atomic E-state index is -0.525. The number of methoxy groups -OCH3 is 1. The summed E-state index contributed by atoms with van der Waals surface area (Å²) in [4.78, 5) is 14.0. The molecule has 0 saturated heterocycles. The van der Waals surface area contributed by atoms with E-state index in [1.807, 2.05) is 37.3 Å². The Kier molecular flexibility index (Phi) is 7.48. The predicted octanol–water partition coefficient (Wildman–Crippen LogP) is 2.53. The monoisotopic (exact) mass is 363 g/mol. The van der Waals surface area contributed by atoms with Crippen LogP contribution in [0.3, 0.4) is 0 Å². The van der Waals surface area contributed by atoms with Crippen LogP contribution in [0.4, 0.5) is 0 Å². The fraction of sp³-hybridized carbons (Fsp3) is 0.550. The van der Waals surface area contributed by atoms with Gasteiger partial charge in [-0.3, -0.25) is 4.79 Å². The molecule has 0 fully saturated rings.